The normalized spacial score (nSPS) is 15.2. The number of ether oxygens (including phenoxy) is 1. The van der Waals surface area contributed by atoms with Crippen LogP contribution in [0, 0.1) is 0 Å². The Kier molecular flexibility index (Phi) is 6.12. The van der Waals surface area contributed by atoms with Crippen molar-refractivity contribution in [3.05, 3.63) is 35.1 Å². The number of ketones is 1. The predicted octanol–water partition coefficient (Wildman–Crippen LogP) is 4.11. The van der Waals surface area contributed by atoms with Crippen molar-refractivity contribution in [2.24, 2.45) is 0 Å². The minimum Gasteiger partial charge on any atom is -0.500 e. The summed E-state index contributed by atoms with van der Waals surface area (Å²) >= 11 is 0. The third-order valence-corrected chi connectivity index (χ3v) is 4.43. The van der Waals surface area contributed by atoms with Crippen molar-refractivity contribution >= 4 is 28.9 Å². The summed E-state index contributed by atoms with van der Waals surface area (Å²) in [7, 11) is 1.54. The van der Waals surface area contributed by atoms with Gasteiger partial charge in [-0.05, 0) is 31.5 Å². The summed E-state index contributed by atoms with van der Waals surface area (Å²) in [6.07, 6.45) is 4.86. The first-order valence-electron chi connectivity index (χ1n) is 8.69. The highest BCUT2D eigenvalue weighted by Crippen LogP contribution is 2.40. The molecule has 134 valence electrons. The molecule has 0 spiro atoms. The van der Waals surface area contributed by atoms with Gasteiger partial charge < -0.3 is 4.74 Å². The number of allylic oxidation sites excluding steroid dienone is 1. The molecule has 0 saturated carbocycles. The average Bonchev–Trinajstić information content (AvgIpc) is 2.86. The van der Waals surface area contributed by atoms with E-state index in [4.69, 9.17) is 4.74 Å². The second kappa shape index (κ2) is 8.10. The van der Waals surface area contributed by atoms with E-state index < -0.39 is 0 Å². The van der Waals surface area contributed by atoms with Gasteiger partial charge in [0.1, 0.15) is 5.76 Å². The molecule has 0 fully saturated rings. The first-order chi connectivity index (χ1) is 11.9. The highest BCUT2D eigenvalue weighted by Gasteiger charge is 2.37. The van der Waals surface area contributed by atoms with Crippen molar-refractivity contribution in [2.75, 3.05) is 12.0 Å². The monoisotopic (exact) mass is 343 g/mol. The summed E-state index contributed by atoms with van der Waals surface area (Å²) < 4.78 is 5.51. The summed E-state index contributed by atoms with van der Waals surface area (Å²) in [5.74, 6) is -0.238. The van der Waals surface area contributed by atoms with Crippen LogP contribution < -0.4 is 4.90 Å². The average molecular weight is 343 g/mol. The van der Waals surface area contributed by atoms with Crippen LogP contribution in [-0.4, -0.2) is 24.7 Å². The molecule has 1 aliphatic rings. The summed E-state index contributed by atoms with van der Waals surface area (Å²) in [5, 5.41) is 0. The van der Waals surface area contributed by atoms with Crippen molar-refractivity contribution in [2.45, 2.75) is 52.9 Å². The molecule has 1 heterocycles. The molecule has 2 rings (SSSR count). The Morgan fingerprint density at radius 3 is 2.40 bits per heavy atom. The largest absolute Gasteiger partial charge is 0.500 e. The minimum absolute atomic E-state index is 0.0854. The van der Waals surface area contributed by atoms with Crippen molar-refractivity contribution < 1.29 is 19.1 Å². The number of anilines is 1. The standard InChI is InChI=1S/C20H25NO4/c1-5-6-7-8-9-18(25-4)19-16-12-15(13(2)22)10-11-17(16)21(14(3)23)20(19)24/h10-12H,5-9H2,1-4H3. The Labute approximate surface area is 148 Å². The second-order valence-electron chi connectivity index (χ2n) is 6.26. The maximum Gasteiger partial charge on any atom is 0.269 e. The summed E-state index contributed by atoms with van der Waals surface area (Å²) in [6, 6.07) is 4.97. The SMILES string of the molecule is CCCCCCC(OC)=C1C(=O)N(C(C)=O)c2ccc(C(C)=O)cc21. The Morgan fingerprint density at radius 1 is 1.12 bits per heavy atom. The smallest absolute Gasteiger partial charge is 0.269 e. The van der Waals surface area contributed by atoms with Crippen LogP contribution in [0.1, 0.15) is 68.8 Å². The van der Waals surface area contributed by atoms with Crippen molar-refractivity contribution in [3.8, 4) is 0 Å². The Bertz CT molecular complexity index is 733. The number of Topliss-reactive ketones (excluding diaryl/α,β-unsaturated/α-hetero) is 1. The van der Waals surface area contributed by atoms with Crippen molar-refractivity contribution in [1.29, 1.82) is 0 Å². The molecule has 2 amide bonds. The lowest BCUT2D eigenvalue weighted by Gasteiger charge is -2.12. The molecule has 0 N–H and O–H groups in total. The first kappa shape index (κ1) is 18.9. The van der Waals surface area contributed by atoms with Gasteiger partial charge >= 0.3 is 0 Å². The third kappa shape index (κ3) is 3.81. The maximum atomic E-state index is 12.9. The molecular weight excluding hydrogens is 318 g/mol. The molecule has 1 aromatic rings. The van der Waals surface area contributed by atoms with E-state index in [1.807, 2.05) is 0 Å². The molecule has 5 nitrogen and oxygen atoms in total. The highest BCUT2D eigenvalue weighted by molar-refractivity contribution is 6.40. The fourth-order valence-corrected chi connectivity index (χ4v) is 3.11. The maximum absolute atomic E-state index is 12.9. The van der Waals surface area contributed by atoms with Gasteiger partial charge in [-0.1, -0.05) is 26.2 Å². The lowest BCUT2D eigenvalue weighted by atomic mass is 9.99. The van der Waals surface area contributed by atoms with Crippen LogP contribution in [-0.2, 0) is 14.3 Å². The molecule has 0 unspecified atom stereocenters. The quantitative estimate of drug-likeness (QED) is 0.323. The number of fused-ring (bicyclic) bond motifs is 1. The van der Waals surface area contributed by atoms with E-state index in [1.165, 1.54) is 13.8 Å². The molecule has 1 aromatic carbocycles. The molecule has 5 heteroatoms. The van der Waals surface area contributed by atoms with E-state index in [1.54, 1.807) is 25.3 Å². The second-order valence-corrected chi connectivity index (χ2v) is 6.26. The zero-order valence-corrected chi connectivity index (χ0v) is 15.3. The van der Waals surface area contributed by atoms with Gasteiger partial charge in [0.15, 0.2) is 5.78 Å². The van der Waals surface area contributed by atoms with Gasteiger partial charge in [0, 0.05) is 24.5 Å². The molecule has 0 radical (unpaired) electrons. The van der Waals surface area contributed by atoms with Gasteiger partial charge in [0.05, 0.1) is 18.4 Å². The lowest BCUT2D eigenvalue weighted by Crippen LogP contribution is -2.31. The number of benzene rings is 1. The fourth-order valence-electron chi connectivity index (χ4n) is 3.11. The van der Waals surface area contributed by atoms with Gasteiger partial charge in [0.25, 0.3) is 5.91 Å². The zero-order chi connectivity index (χ0) is 18.6. The number of hydrogen-bond acceptors (Lipinski definition) is 4. The van der Waals surface area contributed by atoms with E-state index in [9.17, 15) is 14.4 Å². The first-order valence-corrected chi connectivity index (χ1v) is 8.69. The fraction of sp³-hybridized carbons (Fsp3) is 0.450. The lowest BCUT2D eigenvalue weighted by molar-refractivity contribution is -0.122. The molecule has 0 atom stereocenters. The van der Waals surface area contributed by atoms with Gasteiger partial charge in [-0.2, -0.15) is 0 Å². The molecule has 0 bridgehead atoms. The molecule has 1 aliphatic heterocycles. The van der Waals surface area contributed by atoms with Crippen LogP contribution in [0.3, 0.4) is 0 Å². The van der Waals surface area contributed by atoms with E-state index >= 15 is 0 Å². The molecule has 0 aliphatic carbocycles. The number of hydrogen-bond donors (Lipinski definition) is 0. The summed E-state index contributed by atoms with van der Waals surface area (Å²) in [6.45, 7) is 4.98. The topological polar surface area (TPSA) is 63.7 Å². The van der Waals surface area contributed by atoms with E-state index in [0.717, 1.165) is 30.6 Å². The molecule has 0 saturated heterocycles. The van der Waals surface area contributed by atoms with Gasteiger partial charge in [0.2, 0.25) is 5.91 Å². The number of imide groups is 1. The van der Waals surface area contributed by atoms with Crippen molar-refractivity contribution in [3.63, 3.8) is 0 Å². The number of rotatable bonds is 7. The van der Waals surface area contributed by atoms with E-state index in [2.05, 4.69) is 6.92 Å². The molecular formula is C20H25NO4. The number of carbonyl (C=O) groups is 3. The van der Waals surface area contributed by atoms with Crippen molar-refractivity contribution in [1.82, 2.24) is 0 Å². The van der Waals surface area contributed by atoms with Gasteiger partial charge in [-0.25, -0.2) is 4.90 Å². The summed E-state index contributed by atoms with van der Waals surface area (Å²) in [4.78, 5) is 37.7. The third-order valence-electron chi connectivity index (χ3n) is 4.43. The van der Waals surface area contributed by atoms with Gasteiger partial charge in [-0.3, -0.25) is 14.4 Å². The number of carbonyl (C=O) groups excluding carboxylic acids is 3. The Hall–Kier alpha value is -2.43. The number of methoxy groups -OCH3 is 1. The zero-order valence-electron chi connectivity index (χ0n) is 15.3. The minimum atomic E-state index is -0.379. The Balaban J connectivity index is 2.52. The highest BCUT2D eigenvalue weighted by atomic mass is 16.5. The molecule has 25 heavy (non-hydrogen) atoms. The Morgan fingerprint density at radius 2 is 1.84 bits per heavy atom. The summed E-state index contributed by atoms with van der Waals surface area (Å²) in [5.41, 5.74) is 2.02. The number of amides is 2. The van der Waals surface area contributed by atoms with Crippen LogP contribution in [0.15, 0.2) is 24.0 Å². The van der Waals surface area contributed by atoms with E-state index in [0.29, 0.717) is 34.6 Å². The number of nitrogens with zero attached hydrogens (tertiary/aromatic N) is 1. The molecule has 0 aromatic heterocycles. The van der Waals surface area contributed by atoms with E-state index in [-0.39, 0.29) is 17.6 Å². The predicted molar refractivity (Wildman–Crippen MR) is 97.3 cm³/mol. The van der Waals surface area contributed by atoms with Crippen LogP contribution in [0.4, 0.5) is 5.69 Å². The van der Waals surface area contributed by atoms with Crippen LogP contribution in [0.5, 0.6) is 0 Å². The van der Waals surface area contributed by atoms with Gasteiger partial charge in [-0.15, -0.1) is 0 Å². The van der Waals surface area contributed by atoms with Crippen LogP contribution in [0.2, 0.25) is 0 Å². The number of unbranched alkanes of at least 4 members (excludes halogenated alkanes) is 3. The van der Waals surface area contributed by atoms with Crippen LogP contribution in [0.25, 0.3) is 5.57 Å². The van der Waals surface area contributed by atoms with Crippen LogP contribution >= 0.6 is 0 Å².